The highest BCUT2D eigenvalue weighted by atomic mass is 31.2. The lowest BCUT2D eigenvalue weighted by Crippen LogP contribution is -2.45. The van der Waals surface area contributed by atoms with Crippen LogP contribution in [0.3, 0.4) is 0 Å². The van der Waals surface area contributed by atoms with E-state index in [1.54, 1.807) is 6.08 Å². The molecule has 0 rings (SSSR count). The van der Waals surface area contributed by atoms with Crippen molar-refractivity contribution in [2.45, 2.75) is 264 Å². The number of nitrogens with one attached hydrogen (secondary N) is 1. The lowest BCUT2D eigenvalue weighted by molar-refractivity contribution is -0.870. The number of phosphoric ester groups is 1. The molecule has 3 unspecified atom stereocenters. The lowest BCUT2D eigenvalue weighted by atomic mass is 10.0. The number of quaternary nitrogens is 1. The van der Waals surface area contributed by atoms with Gasteiger partial charge in [0.05, 0.1) is 39.9 Å². The summed E-state index contributed by atoms with van der Waals surface area (Å²) in [5.74, 6) is -0.190. The minimum atomic E-state index is -4.35. The number of likely N-dealkylation sites (N-methyl/N-ethyl adjacent to an activating group) is 1. The van der Waals surface area contributed by atoms with Crippen LogP contribution in [0.1, 0.15) is 251 Å². The fourth-order valence-electron chi connectivity index (χ4n) is 7.84. The third-order valence-corrected chi connectivity index (χ3v) is 13.1. The van der Waals surface area contributed by atoms with Crippen molar-refractivity contribution < 1.29 is 32.9 Å². The summed E-state index contributed by atoms with van der Waals surface area (Å²) in [5, 5.41) is 13.9. The van der Waals surface area contributed by atoms with E-state index in [-0.39, 0.29) is 19.1 Å². The molecule has 0 spiro atoms. The summed E-state index contributed by atoms with van der Waals surface area (Å²) < 4.78 is 23.6. The molecule has 0 bridgehead atoms. The van der Waals surface area contributed by atoms with E-state index in [4.69, 9.17) is 9.05 Å². The number of hydrogen-bond acceptors (Lipinski definition) is 5. The number of hydrogen-bond donors (Lipinski definition) is 3. The molecule has 0 aromatic rings. The quantitative estimate of drug-likeness (QED) is 0.0243. The SMILES string of the molecule is CCCCCCCCCCCCCCCCCCCC/C=C/CC/C=C/CC/C=C/C(O)C(COP(=O)(O)OCC[N+](C)(C)C)NC(=O)CCCCCCCCCCCCCCC. The maximum atomic E-state index is 12.9. The molecule has 3 atom stereocenters. The number of aliphatic hydroxyl groups is 1. The van der Waals surface area contributed by atoms with Crippen LogP contribution in [0.25, 0.3) is 0 Å². The van der Waals surface area contributed by atoms with Gasteiger partial charge in [-0.2, -0.15) is 0 Å². The van der Waals surface area contributed by atoms with E-state index >= 15 is 0 Å². The molecule has 0 aliphatic carbocycles. The number of rotatable bonds is 49. The fourth-order valence-corrected chi connectivity index (χ4v) is 8.58. The second-order valence-electron chi connectivity index (χ2n) is 19.6. The molecule has 372 valence electrons. The summed E-state index contributed by atoms with van der Waals surface area (Å²) in [6.07, 6.45) is 58.2. The number of carbonyl (C=O) groups is 1. The molecular weight excluding hydrogens is 804 g/mol. The highest BCUT2D eigenvalue weighted by molar-refractivity contribution is 7.47. The van der Waals surface area contributed by atoms with Crippen molar-refractivity contribution >= 4 is 13.7 Å². The zero-order valence-electron chi connectivity index (χ0n) is 42.3. The lowest BCUT2D eigenvalue weighted by Gasteiger charge is -2.25. The van der Waals surface area contributed by atoms with E-state index in [1.807, 2.05) is 27.2 Å². The Morgan fingerprint density at radius 1 is 0.524 bits per heavy atom. The topological polar surface area (TPSA) is 105 Å². The number of aliphatic hydroxyl groups excluding tert-OH is 1. The van der Waals surface area contributed by atoms with Crippen LogP contribution in [0.15, 0.2) is 36.5 Å². The van der Waals surface area contributed by atoms with Gasteiger partial charge in [0.25, 0.3) is 0 Å². The van der Waals surface area contributed by atoms with Gasteiger partial charge < -0.3 is 19.8 Å². The van der Waals surface area contributed by atoms with E-state index in [0.717, 1.165) is 44.9 Å². The van der Waals surface area contributed by atoms with Crippen LogP contribution in [-0.4, -0.2) is 73.4 Å². The monoisotopic (exact) mass is 910 g/mol. The maximum Gasteiger partial charge on any atom is 0.472 e. The van der Waals surface area contributed by atoms with Crippen molar-refractivity contribution in [2.75, 3.05) is 40.9 Å². The number of carbonyl (C=O) groups excluding carboxylic acids is 1. The third kappa shape index (κ3) is 48.5. The normalized spacial score (nSPS) is 14.3. The largest absolute Gasteiger partial charge is 0.472 e. The van der Waals surface area contributed by atoms with Crippen molar-refractivity contribution in [3.63, 3.8) is 0 Å². The van der Waals surface area contributed by atoms with Gasteiger partial charge in [-0.3, -0.25) is 13.8 Å². The summed E-state index contributed by atoms with van der Waals surface area (Å²) in [7, 11) is 1.55. The number of unbranched alkanes of at least 4 members (excludes halogenated alkanes) is 32. The summed E-state index contributed by atoms with van der Waals surface area (Å²) in [4.78, 5) is 23.2. The molecule has 0 fully saturated rings. The molecular formula is C54H106N2O6P+. The minimum Gasteiger partial charge on any atom is -0.387 e. The van der Waals surface area contributed by atoms with Crippen LogP contribution in [-0.2, 0) is 18.4 Å². The molecule has 63 heavy (non-hydrogen) atoms. The Morgan fingerprint density at radius 2 is 0.873 bits per heavy atom. The molecule has 3 N–H and O–H groups in total. The smallest absolute Gasteiger partial charge is 0.387 e. The van der Waals surface area contributed by atoms with Gasteiger partial charge in [-0.1, -0.05) is 237 Å². The molecule has 0 aromatic heterocycles. The Morgan fingerprint density at radius 3 is 1.27 bits per heavy atom. The first-order chi connectivity index (χ1) is 30.5. The van der Waals surface area contributed by atoms with Gasteiger partial charge in [0.2, 0.25) is 5.91 Å². The first kappa shape index (κ1) is 61.7. The molecule has 0 saturated heterocycles. The van der Waals surface area contributed by atoms with E-state index in [2.05, 4.69) is 43.5 Å². The van der Waals surface area contributed by atoms with Crippen LogP contribution in [0.4, 0.5) is 0 Å². The van der Waals surface area contributed by atoms with Gasteiger partial charge in [0.1, 0.15) is 13.2 Å². The average molecular weight is 910 g/mol. The molecule has 0 aromatic carbocycles. The average Bonchev–Trinajstić information content (AvgIpc) is 3.24. The maximum absolute atomic E-state index is 12.9. The summed E-state index contributed by atoms with van der Waals surface area (Å²) >= 11 is 0. The summed E-state index contributed by atoms with van der Waals surface area (Å²) in [5.41, 5.74) is 0. The molecule has 0 radical (unpaired) electrons. The predicted octanol–water partition coefficient (Wildman–Crippen LogP) is 15.8. The molecule has 1 amide bonds. The van der Waals surface area contributed by atoms with Crippen molar-refractivity contribution in [2.24, 2.45) is 0 Å². The van der Waals surface area contributed by atoms with E-state index in [9.17, 15) is 19.4 Å². The van der Waals surface area contributed by atoms with Crippen molar-refractivity contribution in [3.8, 4) is 0 Å². The molecule has 9 heteroatoms. The Kier molecular flexibility index (Phi) is 44.9. The zero-order valence-corrected chi connectivity index (χ0v) is 43.2. The van der Waals surface area contributed by atoms with Gasteiger partial charge in [-0.15, -0.1) is 0 Å². The zero-order chi connectivity index (χ0) is 46.4. The van der Waals surface area contributed by atoms with Crippen molar-refractivity contribution in [1.82, 2.24) is 5.32 Å². The van der Waals surface area contributed by atoms with Crippen LogP contribution in [0.5, 0.6) is 0 Å². The van der Waals surface area contributed by atoms with Gasteiger partial charge in [-0.05, 0) is 44.9 Å². The number of amides is 1. The van der Waals surface area contributed by atoms with Crippen LogP contribution >= 0.6 is 7.82 Å². The van der Waals surface area contributed by atoms with Crippen molar-refractivity contribution in [1.29, 1.82) is 0 Å². The molecule has 8 nitrogen and oxygen atoms in total. The predicted molar refractivity (Wildman–Crippen MR) is 272 cm³/mol. The highest BCUT2D eigenvalue weighted by Crippen LogP contribution is 2.43. The van der Waals surface area contributed by atoms with E-state index in [0.29, 0.717) is 17.4 Å². The Labute approximate surface area is 391 Å². The first-order valence-corrected chi connectivity index (χ1v) is 28.4. The van der Waals surface area contributed by atoms with E-state index < -0.39 is 20.0 Å². The van der Waals surface area contributed by atoms with E-state index in [1.165, 1.54) is 186 Å². The van der Waals surface area contributed by atoms with Crippen LogP contribution < -0.4 is 5.32 Å². The Balaban J connectivity index is 4.25. The minimum absolute atomic E-state index is 0.0548. The highest BCUT2D eigenvalue weighted by Gasteiger charge is 2.27. The first-order valence-electron chi connectivity index (χ1n) is 26.9. The molecule has 0 aliphatic rings. The summed E-state index contributed by atoms with van der Waals surface area (Å²) in [6.45, 7) is 4.80. The van der Waals surface area contributed by atoms with Crippen molar-refractivity contribution in [3.05, 3.63) is 36.5 Å². The van der Waals surface area contributed by atoms with Gasteiger partial charge >= 0.3 is 7.82 Å². The Bertz CT molecular complexity index is 1120. The molecule has 0 aliphatic heterocycles. The fraction of sp³-hybridized carbons (Fsp3) is 0.870. The van der Waals surface area contributed by atoms with Crippen LogP contribution in [0.2, 0.25) is 0 Å². The number of allylic oxidation sites excluding steroid dienone is 5. The van der Waals surface area contributed by atoms with Gasteiger partial charge in [-0.25, -0.2) is 4.57 Å². The van der Waals surface area contributed by atoms with Gasteiger partial charge in [0, 0.05) is 6.42 Å². The standard InChI is InChI=1S/C54H105N2O6P/c1-6-8-10-12-14-16-18-20-21-22-23-24-25-26-27-28-29-30-31-32-33-34-36-37-39-41-43-45-47-53(57)52(51-62-63(59,60)61-50-49-56(3,4)5)55-54(58)48-46-44-42-40-38-35-19-17-15-13-11-9-7-2/h32-33,37,39,45,47,52-53,57H,6-31,34-36,38,40-44,46,48-51H2,1-5H3,(H-,55,58,59,60)/p+1/b33-32+,39-37+,47-45+. The second-order valence-corrected chi connectivity index (χ2v) is 21.0. The third-order valence-electron chi connectivity index (χ3n) is 12.1. The van der Waals surface area contributed by atoms with Gasteiger partial charge in [0.15, 0.2) is 0 Å². The number of phosphoric acid groups is 1. The summed E-state index contributed by atoms with van der Waals surface area (Å²) in [6, 6.07) is -0.866. The molecule has 0 heterocycles. The van der Waals surface area contributed by atoms with Crippen LogP contribution in [0, 0.1) is 0 Å². The second kappa shape index (κ2) is 45.9. The number of nitrogens with zero attached hydrogens (tertiary/aromatic N) is 1. The Hall–Kier alpha value is -1.28. The molecule has 0 saturated carbocycles.